The summed E-state index contributed by atoms with van der Waals surface area (Å²) < 4.78 is 0. The van der Waals surface area contributed by atoms with E-state index in [1.54, 1.807) is 13.8 Å². The highest BCUT2D eigenvalue weighted by molar-refractivity contribution is 4.68. The largest absolute Gasteiger partial charge is 0.390 e. The Bertz CT molecular complexity index is 137. The van der Waals surface area contributed by atoms with Gasteiger partial charge >= 0.3 is 0 Å². The van der Waals surface area contributed by atoms with E-state index in [1.165, 1.54) is 0 Å². The average Bonchev–Trinajstić information content (AvgIpc) is 1.84. The monoisotopic (exact) mass is 163 g/mol. The first-order chi connectivity index (χ1) is 4.95. The van der Waals surface area contributed by atoms with Crippen LogP contribution in [-0.4, -0.2) is 33.9 Å². The molecule has 11 heavy (non-hydrogen) atoms. The van der Waals surface area contributed by atoms with Crippen LogP contribution in [-0.2, 0) is 0 Å². The lowest BCUT2D eigenvalue weighted by atomic mass is 10.0. The molecule has 5 nitrogen and oxygen atoms in total. The highest BCUT2D eigenvalue weighted by atomic mass is 16.6. The Kier molecular flexibility index (Phi) is 3.99. The van der Waals surface area contributed by atoms with E-state index in [2.05, 4.69) is 0 Å². The van der Waals surface area contributed by atoms with Crippen LogP contribution in [0.25, 0.3) is 0 Å². The van der Waals surface area contributed by atoms with E-state index in [1.807, 2.05) is 0 Å². The molecule has 0 saturated carbocycles. The zero-order chi connectivity index (χ0) is 9.02. The maximum Gasteiger partial charge on any atom is 0.231 e. The van der Waals surface area contributed by atoms with Crippen molar-refractivity contribution < 1.29 is 15.1 Å². The van der Waals surface area contributed by atoms with Crippen LogP contribution in [0.5, 0.6) is 0 Å². The molecule has 0 bridgehead atoms. The molecule has 2 N–H and O–H groups in total. The molecule has 66 valence electrons. The SMILES string of the molecule is CC(C)C(O)C(O)C[N+](=O)[O-]. The molecule has 0 saturated heterocycles. The second-order valence-electron chi connectivity index (χ2n) is 2.82. The summed E-state index contributed by atoms with van der Waals surface area (Å²) in [4.78, 5) is 9.23. The molecular formula is C6H13NO4. The minimum absolute atomic E-state index is 0.162. The summed E-state index contributed by atoms with van der Waals surface area (Å²) in [6.07, 6.45) is -2.27. The van der Waals surface area contributed by atoms with Gasteiger partial charge in [0, 0.05) is 4.92 Å². The molecule has 0 aromatic rings. The summed E-state index contributed by atoms with van der Waals surface area (Å²) in [6, 6.07) is 0. The Morgan fingerprint density at radius 3 is 2.18 bits per heavy atom. The number of nitro groups is 1. The summed E-state index contributed by atoms with van der Waals surface area (Å²) in [5, 5.41) is 27.9. The van der Waals surface area contributed by atoms with Crippen molar-refractivity contribution in [2.24, 2.45) is 5.92 Å². The highest BCUT2D eigenvalue weighted by Crippen LogP contribution is 2.05. The Labute approximate surface area is 64.8 Å². The van der Waals surface area contributed by atoms with Crippen LogP contribution in [0.3, 0.4) is 0 Å². The van der Waals surface area contributed by atoms with E-state index in [0.717, 1.165) is 0 Å². The molecule has 0 aliphatic carbocycles. The van der Waals surface area contributed by atoms with Crippen molar-refractivity contribution in [3.63, 3.8) is 0 Å². The molecule has 0 rings (SSSR count). The number of hydrogen-bond acceptors (Lipinski definition) is 4. The maximum absolute atomic E-state index is 9.87. The lowest BCUT2D eigenvalue weighted by Gasteiger charge is -2.17. The van der Waals surface area contributed by atoms with Crippen LogP contribution in [0.4, 0.5) is 0 Å². The van der Waals surface area contributed by atoms with Crippen LogP contribution >= 0.6 is 0 Å². The molecule has 0 aliphatic heterocycles. The molecule has 0 aromatic heterocycles. The molecule has 0 spiro atoms. The zero-order valence-corrected chi connectivity index (χ0v) is 6.60. The molecule has 0 amide bonds. The minimum Gasteiger partial charge on any atom is -0.390 e. The number of aliphatic hydroxyl groups is 2. The van der Waals surface area contributed by atoms with E-state index in [9.17, 15) is 10.1 Å². The molecule has 2 atom stereocenters. The average molecular weight is 163 g/mol. The Morgan fingerprint density at radius 2 is 1.91 bits per heavy atom. The van der Waals surface area contributed by atoms with Gasteiger partial charge in [0.15, 0.2) is 0 Å². The standard InChI is InChI=1S/C6H13NO4/c1-4(2)6(9)5(8)3-7(10)11/h4-6,8-9H,3H2,1-2H3. The molecule has 0 fully saturated rings. The van der Waals surface area contributed by atoms with E-state index >= 15 is 0 Å². The lowest BCUT2D eigenvalue weighted by Crippen LogP contribution is -2.36. The smallest absolute Gasteiger partial charge is 0.231 e. The van der Waals surface area contributed by atoms with Gasteiger partial charge in [-0.3, -0.25) is 10.1 Å². The van der Waals surface area contributed by atoms with Crippen molar-refractivity contribution in [2.75, 3.05) is 6.54 Å². The molecule has 0 aromatic carbocycles. The number of rotatable bonds is 4. The van der Waals surface area contributed by atoms with Crippen LogP contribution in [0.2, 0.25) is 0 Å². The fraction of sp³-hybridized carbons (Fsp3) is 1.00. The van der Waals surface area contributed by atoms with Gasteiger partial charge in [-0.05, 0) is 5.92 Å². The van der Waals surface area contributed by atoms with Crippen LogP contribution in [0, 0.1) is 16.0 Å². The van der Waals surface area contributed by atoms with Crippen LogP contribution in [0.15, 0.2) is 0 Å². The quantitative estimate of drug-likeness (QED) is 0.438. The Hall–Kier alpha value is -0.680. The van der Waals surface area contributed by atoms with Gasteiger partial charge in [-0.1, -0.05) is 13.8 Å². The van der Waals surface area contributed by atoms with Crippen molar-refractivity contribution in [3.05, 3.63) is 10.1 Å². The Balaban J connectivity index is 3.82. The third kappa shape index (κ3) is 3.90. The molecular weight excluding hydrogens is 150 g/mol. The van der Waals surface area contributed by atoms with Gasteiger partial charge in [0.25, 0.3) is 0 Å². The summed E-state index contributed by atoms with van der Waals surface area (Å²) in [5.41, 5.74) is 0. The molecule has 2 unspecified atom stereocenters. The molecule has 0 aliphatic rings. The van der Waals surface area contributed by atoms with Gasteiger partial charge in [-0.15, -0.1) is 0 Å². The van der Waals surface area contributed by atoms with Crippen LogP contribution < -0.4 is 0 Å². The minimum atomic E-state index is -1.26. The molecule has 5 heteroatoms. The predicted molar refractivity (Wildman–Crippen MR) is 38.7 cm³/mol. The van der Waals surface area contributed by atoms with E-state index in [0.29, 0.717) is 0 Å². The summed E-state index contributed by atoms with van der Waals surface area (Å²) in [7, 11) is 0. The van der Waals surface area contributed by atoms with Crippen molar-refractivity contribution >= 4 is 0 Å². The van der Waals surface area contributed by atoms with Crippen LogP contribution in [0.1, 0.15) is 13.8 Å². The number of hydrogen-bond donors (Lipinski definition) is 2. The fourth-order valence-electron chi connectivity index (χ4n) is 0.705. The van der Waals surface area contributed by atoms with Crippen molar-refractivity contribution in [2.45, 2.75) is 26.1 Å². The maximum atomic E-state index is 9.87. The van der Waals surface area contributed by atoms with Crippen molar-refractivity contribution in [1.82, 2.24) is 0 Å². The van der Waals surface area contributed by atoms with E-state index < -0.39 is 23.7 Å². The van der Waals surface area contributed by atoms with Crippen molar-refractivity contribution in [1.29, 1.82) is 0 Å². The van der Waals surface area contributed by atoms with Gasteiger partial charge in [-0.25, -0.2) is 0 Å². The van der Waals surface area contributed by atoms with Gasteiger partial charge in [0.2, 0.25) is 6.54 Å². The summed E-state index contributed by atoms with van der Waals surface area (Å²) in [6.45, 7) is 2.78. The van der Waals surface area contributed by atoms with Gasteiger partial charge in [0.1, 0.15) is 6.10 Å². The summed E-state index contributed by atoms with van der Waals surface area (Å²) >= 11 is 0. The first-order valence-corrected chi connectivity index (χ1v) is 3.43. The summed E-state index contributed by atoms with van der Waals surface area (Å²) in [5.74, 6) is -0.162. The van der Waals surface area contributed by atoms with Crippen molar-refractivity contribution in [3.8, 4) is 0 Å². The fourth-order valence-corrected chi connectivity index (χ4v) is 0.705. The third-order valence-corrected chi connectivity index (χ3v) is 1.41. The first kappa shape index (κ1) is 10.3. The predicted octanol–water partition coefficient (Wildman–Crippen LogP) is -0.359. The topological polar surface area (TPSA) is 83.6 Å². The second-order valence-corrected chi connectivity index (χ2v) is 2.82. The molecule has 0 radical (unpaired) electrons. The van der Waals surface area contributed by atoms with Gasteiger partial charge < -0.3 is 10.2 Å². The van der Waals surface area contributed by atoms with E-state index in [-0.39, 0.29) is 5.92 Å². The first-order valence-electron chi connectivity index (χ1n) is 3.43. The number of nitrogens with zero attached hydrogens (tertiary/aromatic N) is 1. The highest BCUT2D eigenvalue weighted by Gasteiger charge is 2.23. The number of aliphatic hydroxyl groups excluding tert-OH is 2. The Morgan fingerprint density at radius 1 is 1.45 bits per heavy atom. The van der Waals surface area contributed by atoms with Gasteiger partial charge in [-0.2, -0.15) is 0 Å². The van der Waals surface area contributed by atoms with E-state index in [4.69, 9.17) is 10.2 Å². The zero-order valence-electron chi connectivity index (χ0n) is 6.60. The second kappa shape index (κ2) is 4.25. The van der Waals surface area contributed by atoms with Gasteiger partial charge in [0.05, 0.1) is 6.10 Å². The lowest BCUT2D eigenvalue weighted by molar-refractivity contribution is -0.493. The normalized spacial score (nSPS) is 16.5. The third-order valence-electron chi connectivity index (χ3n) is 1.41. The molecule has 0 heterocycles.